The van der Waals surface area contributed by atoms with Gasteiger partial charge in [0.15, 0.2) is 5.83 Å². The molecule has 0 atom stereocenters. The molecule has 2 rings (SSSR count). The van der Waals surface area contributed by atoms with Crippen LogP contribution in [-0.4, -0.2) is 12.8 Å². The van der Waals surface area contributed by atoms with Gasteiger partial charge in [0.05, 0.1) is 6.10 Å². The van der Waals surface area contributed by atoms with Gasteiger partial charge in [-0.15, -0.1) is 0 Å². The summed E-state index contributed by atoms with van der Waals surface area (Å²) in [4.78, 5) is 0. The lowest BCUT2D eigenvalue weighted by molar-refractivity contribution is 0.0640. The summed E-state index contributed by atoms with van der Waals surface area (Å²) >= 11 is 0. The number of rotatable bonds is 4. The maximum Gasteiger partial charge on any atom is 0.165 e. The molecule has 0 aromatic rings. The fourth-order valence-electron chi connectivity index (χ4n) is 3.50. The minimum atomic E-state index is -1.06. The molecule has 2 fully saturated rings. The number of ether oxygens (including phenoxy) is 1. The van der Waals surface area contributed by atoms with Gasteiger partial charge in [0, 0.05) is 0 Å². The maximum atomic E-state index is 12.6. The number of hydrogen-bond acceptors (Lipinski definition) is 1. The molecule has 0 unspecified atom stereocenters. The molecule has 0 N–H and O–H groups in total. The SMILES string of the molecule is FC/C(F)=C\OC1CCC(C2CCCCC2)CC1. The first-order valence-corrected chi connectivity index (χ1v) is 7.35. The molecule has 0 heterocycles. The molecule has 0 spiro atoms. The van der Waals surface area contributed by atoms with E-state index in [2.05, 4.69) is 0 Å². The monoisotopic (exact) mass is 258 g/mol. The van der Waals surface area contributed by atoms with Gasteiger partial charge < -0.3 is 4.74 Å². The van der Waals surface area contributed by atoms with Gasteiger partial charge in [0.1, 0.15) is 12.9 Å². The van der Waals surface area contributed by atoms with Crippen LogP contribution in [0.25, 0.3) is 0 Å². The fourth-order valence-corrected chi connectivity index (χ4v) is 3.50. The molecular weight excluding hydrogens is 234 g/mol. The van der Waals surface area contributed by atoms with E-state index in [0.717, 1.165) is 30.9 Å². The summed E-state index contributed by atoms with van der Waals surface area (Å²) in [5.41, 5.74) is 0. The molecule has 0 saturated heterocycles. The Morgan fingerprint density at radius 3 is 2.17 bits per heavy atom. The van der Waals surface area contributed by atoms with Gasteiger partial charge in [-0.2, -0.15) is 0 Å². The van der Waals surface area contributed by atoms with Gasteiger partial charge in [-0.25, -0.2) is 8.78 Å². The molecule has 1 nitrogen and oxygen atoms in total. The third-order valence-corrected chi connectivity index (χ3v) is 4.55. The molecule has 18 heavy (non-hydrogen) atoms. The summed E-state index contributed by atoms with van der Waals surface area (Å²) in [6.07, 6.45) is 12.4. The van der Waals surface area contributed by atoms with Crippen LogP contribution in [0.1, 0.15) is 57.8 Å². The Morgan fingerprint density at radius 1 is 0.944 bits per heavy atom. The second-order valence-electron chi connectivity index (χ2n) is 5.77. The van der Waals surface area contributed by atoms with Crippen molar-refractivity contribution in [2.75, 3.05) is 6.67 Å². The maximum absolute atomic E-state index is 12.6. The Labute approximate surface area is 109 Å². The highest BCUT2D eigenvalue weighted by Gasteiger charge is 2.28. The highest BCUT2D eigenvalue weighted by molar-refractivity contribution is 4.87. The standard InChI is InChI=1S/C15H24F2O/c16-10-14(17)11-18-15-8-6-13(7-9-15)12-4-2-1-3-5-12/h11-13,15H,1-10H2/b14-11+. The first-order chi connectivity index (χ1) is 8.79. The minimum Gasteiger partial charge on any atom is -0.495 e. The molecule has 0 aliphatic heterocycles. The highest BCUT2D eigenvalue weighted by atomic mass is 19.2. The van der Waals surface area contributed by atoms with Crippen molar-refractivity contribution in [1.29, 1.82) is 0 Å². The molecular formula is C15H24F2O. The van der Waals surface area contributed by atoms with Crippen LogP contribution in [0.3, 0.4) is 0 Å². The zero-order chi connectivity index (χ0) is 12.8. The van der Waals surface area contributed by atoms with Gasteiger partial charge in [-0.3, -0.25) is 0 Å². The van der Waals surface area contributed by atoms with Crippen LogP contribution in [0.15, 0.2) is 12.1 Å². The van der Waals surface area contributed by atoms with Crippen molar-refractivity contribution in [3.8, 4) is 0 Å². The van der Waals surface area contributed by atoms with E-state index in [1.54, 1.807) is 0 Å². The van der Waals surface area contributed by atoms with Gasteiger partial charge >= 0.3 is 0 Å². The van der Waals surface area contributed by atoms with E-state index in [1.165, 1.54) is 44.9 Å². The predicted octanol–water partition coefficient (Wildman–Crippen LogP) is 4.92. The van der Waals surface area contributed by atoms with Crippen LogP contribution in [-0.2, 0) is 4.74 Å². The summed E-state index contributed by atoms with van der Waals surface area (Å²) in [5, 5.41) is 0. The molecule has 0 bridgehead atoms. The topological polar surface area (TPSA) is 9.23 Å². The van der Waals surface area contributed by atoms with E-state index in [9.17, 15) is 8.78 Å². The van der Waals surface area contributed by atoms with E-state index in [0.29, 0.717) is 0 Å². The van der Waals surface area contributed by atoms with Crippen LogP contribution in [0.4, 0.5) is 8.78 Å². The zero-order valence-electron chi connectivity index (χ0n) is 11.0. The lowest BCUT2D eigenvalue weighted by atomic mass is 9.73. The summed E-state index contributed by atoms with van der Waals surface area (Å²) in [5.74, 6) is 0.961. The Hall–Kier alpha value is -0.600. The summed E-state index contributed by atoms with van der Waals surface area (Å²) < 4.78 is 29.8. The van der Waals surface area contributed by atoms with E-state index in [-0.39, 0.29) is 6.10 Å². The van der Waals surface area contributed by atoms with Crippen LogP contribution in [0.2, 0.25) is 0 Å². The van der Waals surface area contributed by atoms with Crippen molar-refractivity contribution in [3.63, 3.8) is 0 Å². The molecule has 0 aromatic carbocycles. The Bertz CT molecular complexity index is 264. The highest BCUT2D eigenvalue weighted by Crippen LogP contribution is 2.38. The average Bonchev–Trinajstić information content (AvgIpc) is 2.46. The van der Waals surface area contributed by atoms with Crippen LogP contribution >= 0.6 is 0 Å². The third kappa shape index (κ3) is 3.96. The summed E-state index contributed by atoms with van der Waals surface area (Å²) in [6.45, 7) is -1.06. The Balaban J connectivity index is 1.70. The Morgan fingerprint density at radius 2 is 1.56 bits per heavy atom. The summed E-state index contributed by atoms with van der Waals surface area (Å²) in [7, 11) is 0. The normalized spacial score (nSPS) is 31.3. The second-order valence-corrected chi connectivity index (χ2v) is 5.77. The Kier molecular flexibility index (Phi) is 5.45. The van der Waals surface area contributed by atoms with Crippen LogP contribution in [0.5, 0.6) is 0 Å². The van der Waals surface area contributed by atoms with Crippen molar-refractivity contribution in [3.05, 3.63) is 12.1 Å². The van der Waals surface area contributed by atoms with Crippen LogP contribution in [0, 0.1) is 11.8 Å². The lowest BCUT2D eigenvalue weighted by Gasteiger charge is -2.35. The third-order valence-electron chi connectivity index (χ3n) is 4.55. The average molecular weight is 258 g/mol. The van der Waals surface area contributed by atoms with Crippen molar-refractivity contribution in [1.82, 2.24) is 0 Å². The van der Waals surface area contributed by atoms with Gasteiger partial charge in [0.2, 0.25) is 0 Å². The molecule has 0 aromatic heterocycles. The number of alkyl halides is 1. The van der Waals surface area contributed by atoms with Crippen molar-refractivity contribution in [2.45, 2.75) is 63.9 Å². The summed E-state index contributed by atoms with van der Waals surface area (Å²) in [6, 6.07) is 0. The fraction of sp³-hybridized carbons (Fsp3) is 0.867. The van der Waals surface area contributed by atoms with Crippen molar-refractivity contribution >= 4 is 0 Å². The molecule has 2 aliphatic rings. The van der Waals surface area contributed by atoms with Gasteiger partial charge in [-0.1, -0.05) is 32.1 Å². The van der Waals surface area contributed by atoms with E-state index in [4.69, 9.17) is 4.74 Å². The number of allylic oxidation sites excluding steroid dienone is 1. The molecule has 0 radical (unpaired) electrons. The molecule has 0 amide bonds. The molecule has 104 valence electrons. The lowest BCUT2D eigenvalue weighted by Crippen LogP contribution is -2.26. The van der Waals surface area contributed by atoms with Gasteiger partial charge in [0.25, 0.3) is 0 Å². The molecule has 3 heteroatoms. The van der Waals surface area contributed by atoms with Gasteiger partial charge in [-0.05, 0) is 37.5 Å². The minimum absolute atomic E-state index is 0.0992. The zero-order valence-corrected chi connectivity index (χ0v) is 11.0. The second kappa shape index (κ2) is 7.10. The first-order valence-electron chi connectivity index (χ1n) is 7.35. The van der Waals surface area contributed by atoms with Crippen molar-refractivity contribution < 1.29 is 13.5 Å². The number of halogens is 2. The predicted molar refractivity (Wildman–Crippen MR) is 68.6 cm³/mol. The van der Waals surface area contributed by atoms with E-state index in [1.807, 2.05) is 0 Å². The number of hydrogen-bond donors (Lipinski definition) is 0. The van der Waals surface area contributed by atoms with E-state index < -0.39 is 12.5 Å². The molecule has 2 saturated carbocycles. The van der Waals surface area contributed by atoms with Crippen LogP contribution < -0.4 is 0 Å². The molecule has 2 aliphatic carbocycles. The largest absolute Gasteiger partial charge is 0.495 e. The van der Waals surface area contributed by atoms with Crippen molar-refractivity contribution in [2.24, 2.45) is 11.8 Å². The smallest absolute Gasteiger partial charge is 0.165 e. The first kappa shape index (κ1) is 13.8. The quantitative estimate of drug-likeness (QED) is 0.650. The van der Waals surface area contributed by atoms with E-state index >= 15 is 0 Å².